The number of carbonyl (C=O) groups excluding carboxylic acids is 2. The average molecular weight is 474 g/mol. The lowest BCUT2D eigenvalue weighted by Gasteiger charge is -2.44. The zero-order valence-corrected chi connectivity index (χ0v) is 21.3. The van der Waals surface area contributed by atoms with Crippen molar-refractivity contribution in [3.05, 3.63) is 34.7 Å². The van der Waals surface area contributed by atoms with Crippen molar-refractivity contribution in [2.75, 3.05) is 40.3 Å². The van der Waals surface area contributed by atoms with Crippen LogP contribution in [-0.2, 0) is 9.59 Å². The largest absolute Gasteiger partial charge is 0.497 e. The van der Waals surface area contributed by atoms with Crippen molar-refractivity contribution < 1.29 is 14.3 Å². The molecule has 2 fully saturated rings. The van der Waals surface area contributed by atoms with Gasteiger partial charge < -0.3 is 19.9 Å². The zero-order valence-electron chi connectivity index (χ0n) is 20.5. The van der Waals surface area contributed by atoms with E-state index in [1.54, 1.807) is 18.9 Å². The van der Waals surface area contributed by atoms with Crippen LogP contribution < -0.4 is 10.1 Å². The molecule has 0 radical (unpaired) electrons. The Hall–Kier alpha value is -1.99. The number of methoxy groups -OCH3 is 1. The molecule has 1 aliphatic carbocycles. The molecule has 7 heteroatoms. The van der Waals surface area contributed by atoms with Gasteiger partial charge in [-0.1, -0.05) is 32.4 Å². The van der Waals surface area contributed by atoms with Crippen molar-refractivity contribution in [3.8, 4) is 5.75 Å². The van der Waals surface area contributed by atoms with Gasteiger partial charge in [-0.25, -0.2) is 0 Å². The first-order valence-corrected chi connectivity index (χ1v) is 13.1. The number of rotatable bonds is 10. The fourth-order valence-corrected chi connectivity index (χ4v) is 6.16. The number of thioether (sulfide) groups is 1. The van der Waals surface area contributed by atoms with E-state index in [1.807, 2.05) is 42.3 Å². The fraction of sp³-hybridized carbons (Fsp3) is 0.615. The molecule has 1 saturated carbocycles. The van der Waals surface area contributed by atoms with Crippen LogP contribution in [0.4, 0.5) is 0 Å². The summed E-state index contributed by atoms with van der Waals surface area (Å²) in [4.78, 5) is 30.9. The van der Waals surface area contributed by atoms with E-state index >= 15 is 0 Å². The van der Waals surface area contributed by atoms with Crippen LogP contribution in [0, 0.1) is 5.92 Å². The van der Waals surface area contributed by atoms with E-state index in [9.17, 15) is 9.59 Å². The van der Waals surface area contributed by atoms with E-state index in [0.717, 1.165) is 55.1 Å². The van der Waals surface area contributed by atoms with Crippen molar-refractivity contribution in [1.82, 2.24) is 15.1 Å². The zero-order chi connectivity index (χ0) is 23.8. The van der Waals surface area contributed by atoms with Gasteiger partial charge >= 0.3 is 0 Å². The maximum atomic E-state index is 13.1. The molecular formula is C26H39N3O3S. The fourth-order valence-electron chi connectivity index (χ4n) is 4.68. The van der Waals surface area contributed by atoms with Gasteiger partial charge in [-0.3, -0.25) is 9.59 Å². The van der Waals surface area contributed by atoms with Crippen LogP contribution in [0.15, 0.2) is 29.2 Å². The monoisotopic (exact) mass is 473 g/mol. The lowest BCUT2D eigenvalue weighted by Crippen LogP contribution is -2.52. The molecule has 1 aromatic rings. The molecule has 3 unspecified atom stereocenters. The van der Waals surface area contributed by atoms with Crippen LogP contribution in [0.3, 0.4) is 0 Å². The number of nitrogens with one attached hydrogen (secondary N) is 1. The first-order valence-electron chi connectivity index (χ1n) is 12.3. The normalized spacial score (nSPS) is 24.2. The molecule has 33 heavy (non-hydrogen) atoms. The lowest BCUT2D eigenvalue weighted by molar-refractivity contribution is -0.131. The Morgan fingerprint density at radius 3 is 2.67 bits per heavy atom. The minimum Gasteiger partial charge on any atom is -0.497 e. The molecule has 3 rings (SSSR count). The number of carbonyl (C=O) groups is 2. The van der Waals surface area contributed by atoms with Crippen molar-refractivity contribution in [1.29, 1.82) is 0 Å². The maximum Gasteiger partial charge on any atom is 0.260 e. The predicted molar refractivity (Wildman–Crippen MR) is 136 cm³/mol. The highest BCUT2D eigenvalue weighted by atomic mass is 32.2. The predicted octanol–water partition coefficient (Wildman–Crippen LogP) is 4.02. The third-order valence-corrected chi connectivity index (χ3v) is 8.25. The molecule has 2 amide bonds. The number of likely N-dealkylation sites (N-methyl/N-ethyl adjacent to an activating group) is 2. The van der Waals surface area contributed by atoms with Crippen molar-refractivity contribution >= 4 is 29.7 Å². The van der Waals surface area contributed by atoms with Crippen LogP contribution in [0.25, 0.3) is 6.08 Å². The smallest absolute Gasteiger partial charge is 0.260 e. The summed E-state index contributed by atoms with van der Waals surface area (Å²) in [5, 5.41) is 3.49. The number of nitrogens with zero attached hydrogens (tertiary/aromatic N) is 2. The molecule has 3 atom stereocenters. The Balaban J connectivity index is 1.54. The average Bonchev–Trinajstić information content (AvgIpc) is 2.84. The summed E-state index contributed by atoms with van der Waals surface area (Å²) in [6, 6.07) is 7.86. The summed E-state index contributed by atoms with van der Waals surface area (Å²) in [6.07, 6.45) is 6.92. The second-order valence-electron chi connectivity index (χ2n) is 9.01. The summed E-state index contributed by atoms with van der Waals surface area (Å²) in [6.45, 7) is 8.07. The minimum atomic E-state index is -0.0139. The molecule has 1 saturated heterocycles. The first-order chi connectivity index (χ1) is 16.0. The molecule has 6 nitrogen and oxygen atoms in total. The van der Waals surface area contributed by atoms with Gasteiger partial charge in [-0.2, -0.15) is 0 Å². The van der Waals surface area contributed by atoms with E-state index in [0.29, 0.717) is 11.8 Å². The van der Waals surface area contributed by atoms with E-state index in [-0.39, 0.29) is 23.8 Å². The molecule has 1 aromatic carbocycles. The van der Waals surface area contributed by atoms with E-state index in [4.69, 9.17) is 4.74 Å². The summed E-state index contributed by atoms with van der Waals surface area (Å²) < 4.78 is 5.22. The SMILES string of the molecule is CCCCN(CC)CCNC(=O)C1CCC2S/C(=C/c3ccc(OC)cc3)C(=O)N(C)C2C1. The van der Waals surface area contributed by atoms with Gasteiger partial charge in [0.05, 0.1) is 12.0 Å². The molecule has 0 bridgehead atoms. The van der Waals surface area contributed by atoms with Crippen molar-refractivity contribution in [3.63, 3.8) is 0 Å². The van der Waals surface area contributed by atoms with Gasteiger partial charge in [0.1, 0.15) is 5.75 Å². The minimum absolute atomic E-state index is 0.0139. The second kappa shape index (κ2) is 12.5. The van der Waals surface area contributed by atoms with Crippen LogP contribution in [0.1, 0.15) is 51.5 Å². The topological polar surface area (TPSA) is 61.9 Å². The van der Waals surface area contributed by atoms with Crippen LogP contribution in [0.5, 0.6) is 5.75 Å². The van der Waals surface area contributed by atoms with E-state index < -0.39 is 0 Å². The Kier molecular flexibility index (Phi) is 9.68. The Labute approximate surface area is 203 Å². The molecular weight excluding hydrogens is 434 g/mol. The highest BCUT2D eigenvalue weighted by Crippen LogP contribution is 2.43. The number of amides is 2. The number of hydrogen-bond acceptors (Lipinski definition) is 5. The molecule has 1 N–H and O–H groups in total. The van der Waals surface area contributed by atoms with Gasteiger partial charge in [0.25, 0.3) is 5.91 Å². The number of benzene rings is 1. The van der Waals surface area contributed by atoms with Gasteiger partial charge in [0.2, 0.25) is 5.91 Å². The number of hydrogen-bond donors (Lipinski definition) is 1. The molecule has 2 aliphatic rings. The van der Waals surface area contributed by atoms with Gasteiger partial charge in [0.15, 0.2) is 0 Å². The Morgan fingerprint density at radius 1 is 1.24 bits per heavy atom. The molecule has 182 valence electrons. The van der Waals surface area contributed by atoms with Gasteiger partial charge in [-0.15, -0.1) is 11.8 Å². The van der Waals surface area contributed by atoms with Crippen LogP contribution in [-0.4, -0.2) is 73.2 Å². The van der Waals surface area contributed by atoms with Crippen LogP contribution >= 0.6 is 11.8 Å². The molecule has 0 spiro atoms. The van der Waals surface area contributed by atoms with E-state index in [1.165, 1.54) is 12.8 Å². The van der Waals surface area contributed by atoms with Crippen molar-refractivity contribution in [2.24, 2.45) is 5.92 Å². The number of ether oxygens (including phenoxy) is 1. The second-order valence-corrected chi connectivity index (χ2v) is 10.3. The Morgan fingerprint density at radius 2 is 2.00 bits per heavy atom. The number of unbranched alkanes of at least 4 members (excludes halogenated alkanes) is 1. The molecule has 0 aromatic heterocycles. The molecule has 1 aliphatic heterocycles. The third-order valence-electron chi connectivity index (χ3n) is 6.85. The van der Waals surface area contributed by atoms with Crippen LogP contribution in [0.2, 0.25) is 0 Å². The van der Waals surface area contributed by atoms with Gasteiger partial charge in [-0.05, 0) is 62.5 Å². The standard InChI is InChI=1S/C26H39N3O3S/c1-5-7-15-29(6-2)16-14-27-25(30)20-10-13-23-22(18-20)28(3)26(31)24(33-23)17-19-8-11-21(32-4)12-9-19/h8-9,11-12,17,20,22-23H,5-7,10,13-16,18H2,1-4H3,(H,27,30)/b24-17+. The number of fused-ring (bicyclic) bond motifs is 1. The highest BCUT2D eigenvalue weighted by Gasteiger charge is 2.42. The summed E-state index contributed by atoms with van der Waals surface area (Å²) in [5.41, 5.74) is 0.992. The summed E-state index contributed by atoms with van der Waals surface area (Å²) in [7, 11) is 3.53. The first kappa shape index (κ1) is 25.6. The molecule has 1 heterocycles. The lowest BCUT2D eigenvalue weighted by atomic mass is 9.83. The van der Waals surface area contributed by atoms with Crippen molar-refractivity contribution in [2.45, 2.75) is 57.2 Å². The highest BCUT2D eigenvalue weighted by molar-refractivity contribution is 8.04. The van der Waals surface area contributed by atoms with E-state index in [2.05, 4.69) is 24.1 Å². The Bertz CT molecular complexity index is 827. The maximum absolute atomic E-state index is 13.1. The summed E-state index contributed by atoms with van der Waals surface area (Å²) >= 11 is 1.68. The quantitative estimate of drug-likeness (QED) is 0.520. The summed E-state index contributed by atoms with van der Waals surface area (Å²) in [5.74, 6) is 0.981. The third kappa shape index (κ3) is 6.76. The van der Waals surface area contributed by atoms with Gasteiger partial charge in [0, 0.05) is 37.3 Å².